The molecule has 3 aromatic rings. The molecule has 0 spiro atoms. The number of nitrogens with zero attached hydrogens (tertiary/aromatic N) is 2. The first-order chi connectivity index (χ1) is 10.7. The topological polar surface area (TPSA) is 48.7 Å². The zero-order valence-corrected chi connectivity index (χ0v) is 13.9. The van der Waals surface area contributed by atoms with Crippen molar-refractivity contribution >= 4 is 34.7 Å². The Labute approximate surface area is 142 Å². The molecule has 0 amide bonds. The van der Waals surface area contributed by atoms with Crippen LogP contribution < -0.4 is 5.32 Å². The zero-order chi connectivity index (χ0) is 15.5. The van der Waals surface area contributed by atoms with Crippen molar-refractivity contribution in [2.45, 2.75) is 19.8 Å². The third-order valence-corrected chi connectivity index (χ3v) is 3.74. The molecule has 0 radical (unpaired) electrons. The molecule has 4 heteroatoms. The average Bonchev–Trinajstić information content (AvgIpc) is 2.55. The second kappa shape index (κ2) is 7.13. The Morgan fingerprint density at radius 2 is 1.74 bits per heavy atom. The monoisotopic (exact) mass is 323 g/mol. The van der Waals surface area contributed by atoms with Crippen LogP contribution in [0.4, 0.5) is 11.4 Å². The summed E-state index contributed by atoms with van der Waals surface area (Å²) in [5.41, 5.74) is 4.50. The van der Waals surface area contributed by atoms with Crippen molar-refractivity contribution in [3.05, 3.63) is 65.9 Å². The number of anilines is 2. The molecule has 0 unspecified atom stereocenters. The van der Waals surface area contributed by atoms with Gasteiger partial charge < -0.3 is 5.32 Å². The summed E-state index contributed by atoms with van der Waals surface area (Å²) >= 11 is 0. The third kappa shape index (κ3) is 3.44. The maximum Gasteiger partial charge on any atom is 0.103 e. The van der Waals surface area contributed by atoms with E-state index in [1.807, 2.05) is 36.4 Å². The number of aromatic nitrogens is 1. The normalized spacial score (nSPS) is 10.2. The SMILES string of the molecule is CC(C)c1ccc(Nc2c(C#N)cnc3ccccc23)cc1.Cl. The minimum Gasteiger partial charge on any atom is -0.354 e. The second-order valence-electron chi connectivity index (χ2n) is 5.58. The van der Waals surface area contributed by atoms with Crippen LogP contribution in [0.2, 0.25) is 0 Å². The van der Waals surface area contributed by atoms with E-state index in [0.717, 1.165) is 22.3 Å². The number of benzene rings is 2. The Balaban J connectivity index is 0.00000192. The van der Waals surface area contributed by atoms with E-state index < -0.39 is 0 Å². The van der Waals surface area contributed by atoms with E-state index in [1.165, 1.54) is 5.56 Å². The third-order valence-electron chi connectivity index (χ3n) is 3.74. The van der Waals surface area contributed by atoms with Crippen LogP contribution in [0.5, 0.6) is 0 Å². The fourth-order valence-electron chi connectivity index (χ4n) is 2.46. The van der Waals surface area contributed by atoms with Gasteiger partial charge in [-0.3, -0.25) is 4.98 Å². The van der Waals surface area contributed by atoms with Crippen LogP contribution >= 0.6 is 12.4 Å². The Morgan fingerprint density at radius 3 is 2.39 bits per heavy atom. The summed E-state index contributed by atoms with van der Waals surface area (Å²) < 4.78 is 0. The quantitative estimate of drug-likeness (QED) is 0.702. The van der Waals surface area contributed by atoms with E-state index in [0.29, 0.717) is 11.5 Å². The lowest BCUT2D eigenvalue weighted by atomic mass is 10.0. The fraction of sp³-hybridized carbons (Fsp3) is 0.158. The molecule has 116 valence electrons. The molecule has 23 heavy (non-hydrogen) atoms. The van der Waals surface area contributed by atoms with Gasteiger partial charge in [-0.25, -0.2) is 0 Å². The van der Waals surface area contributed by atoms with Gasteiger partial charge in [-0.15, -0.1) is 12.4 Å². The molecule has 3 nitrogen and oxygen atoms in total. The average molecular weight is 324 g/mol. The van der Waals surface area contributed by atoms with Crippen LogP contribution in [-0.2, 0) is 0 Å². The first-order valence-corrected chi connectivity index (χ1v) is 7.34. The second-order valence-corrected chi connectivity index (χ2v) is 5.58. The predicted molar refractivity (Wildman–Crippen MR) is 97.5 cm³/mol. The van der Waals surface area contributed by atoms with Crippen LogP contribution in [0.25, 0.3) is 10.9 Å². The van der Waals surface area contributed by atoms with Gasteiger partial charge in [0.1, 0.15) is 6.07 Å². The lowest BCUT2D eigenvalue weighted by Crippen LogP contribution is -1.97. The standard InChI is InChI=1S/C19H17N3.ClH/c1-13(2)14-7-9-16(10-8-14)22-19-15(11-20)12-21-18-6-4-3-5-17(18)19;/h3-10,12-13H,1-2H3,(H,21,22);1H. The summed E-state index contributed by atoms with van der Waals surface area (Å²) in [7, 11) is 0. The highest BCUT2D eigenvalue weighted by molar-refractivity contribution is 5.95. The smallest absolute Gasteiger partial charge is 0.103 e. The van der Waals surface area contributed by atoms with Crippen LogP contribution in [0.3, 0.4) is 0 Å². The number of rotatable bonds is 3. The van der Waals surface area contributed by atoms with Gasteiger partial charge in [0.2, 0.25) is 0 Å². The van der Waals surface area contributed by atoms with Gasteiger partial charge in [-0.1, -0.05) is 44.2 Å². The lowest BCUT2D eigenvalue weighted by molar-refractivity contribution is 0.867. The van der Waals surface area contributed by atoms with Crippen molar-refractivity contribution in [3.8, 4) is 6.07 Å². The van der Waals surface area contributed by atoms with Crippen LogP contribution in [-0.4, -0.2) is 4.98 Å². The van der Waals surface area contributed by atoms with Crippen molar-refractivity contribution in [1.82, 2.24) is 4.98 Å². The first-order valence-electron chi connectivity index (χ1n) is 7.34. The zero-order valence-electron chi connectivity index (χ0n) is 13.1. The Hall–Kier alpha value is -2.57. The van der Waals surface area contributed by atoms with Crippen LogP contribution in [0.1, 0.15) is 30.9 Å². The molecular weight excluding hydrogens is 306 g/mol. The van der Waals surface area contributed by atoms with Gasteiger partial charge in [0, 0.05) is 17.3 Å². The fourth-order valence-corrected chi connectivity index (χ4v) is 2.46. The van der Waals surface area contributed by atoms with Crippen LogP contribution in [0, 0.1) is 11.3 Å². The largest absolute Gasteiger partial charge is 0.354 e. The Morgan fingerprint density at radius 1 is 1.04 bits per heavy atom. The highest BCUT2D eigenvalue weighted by Crippen LogP contribution is 2.29. The molecule has 0 saturated carbocycles. The van der Waals surface area contributed by atoms with Crippen molar-refractivity contribution in [3.63, 3.8) is 0 Å². The first kappa shape index (κ1) is 16.8. The van der Waals surface area contributed by atoms with E-state index in [4.69, 9.17) is 0 Å². The summed E-state index contributed by atoms with van der Waals surface area (Å²) in [6, 6.07) is 18.4. The van der Waals surface area contributed by atoms with Gasteiger partial charge in [-0.05, 0) is 29.7 Å². The Bertz CT molecular complexity index is 849. The molecule has 1 aromatic heterocycles. The Kier molecular flexibility index (Phi) is 5.20. The van der Waals surface area contributed by atoms with E-state index in [9.17, 15) is 5.26 Å². The summed E-state index contributed by atoms with van der Waals surface area (Å²) in [5, 5.41) is 13.7. The van der Waals surface area contributed by atoms with Gasteiger partial charge >= 0.3 is 0 Å². The van der Waals surface area contributed by atoms with Crippen molar-refractivity contribution in [2.75, 3.05) is 5.32 Å². The van der Waals surface area contributed by atoms with Gasteiger partial charge in [0.05, 0.1) is 16.8 Å². The molecule has 3 rings (SSSR count). The molecule has 0 bridgehead atoms. The summed E-state index contributed by atoms with van der Waals surface area (Å²) in [6.07, 6.45) is 1.62. The van der Waals surface area contributed by atoms with Crippen molar-refractivity contribution in [1.29, 1.82) is 5.26 Å². The number of hydrogen-bond acceptors (Lipinski definition) is 3. The van der Waals surface area contributed by atoms with Gasteiger partial charge in [0.25, 0.3) is 0 Å². The maximum absolute atomic E-state index is 9.34. The lowest BCUT2D eigenvalue weighted by Gasteiger charge is -2.12. The highest BCUT2D eigenvalue weighted by Gasteiger charge is 2.09. The van der Waals surface area contributed by atoms with Gasteiger partial charge in [-0.2, -0.15) is 5.26 Å². The molecule has 2 aromatic carbocycles. The summed E-state index contributed by atoms with van der Waals surface area (Å²) in [5.74, 6) is 0.505. The number of nitrogens with one attached hydrogen (secondary N) is 1. The van der Waals surface area contributed by atoms with Crippen molar-refractivity contribution < 1.29 is 0 Å². The number of fused-ring (bicyclic) bond motifs is 1. The number of hydrogen-bond donors (Lipinski definition) is 1. The molecule has 0 atom stereocenters. The molecule has 0 aliphatic carbocycles. The molecule has 0 saturated heterocycles. The molecule has 1 heterocycles. The summed E-state index contributed by atoms with van der Waals surface area (Å²) in [6.45, 7) is 4.35. The maximum atomic E-state index is 9.34. The summed E-state index contributed by atoms with van der Waals surface area (Å²) in [4.78, 5) is 4.33. The van der Waals surface area contributed by atoms with E-state index in [2.05, 4.69) is 42.4 Å². The number of para-hydroxylation sites is 1. The van der Waals surface area contributed by atoms with Crippen molar-refractivity contribution in [2.24, 2.45) is 0 Å². The van der Waals surface area contributed by atoms with E-state index in [1.54, 1.807) is 6.20 Å². The van der Waals surface area contributed by atoms with E-state index >= 15 is 0 Å². The van der Waals surface area contributed by atoms with E-state index in [-0.39, 0.29) is 12.4 Å². The van der Waals surface area contributed by atoms with Crippen LogP contribution in [0.15, 0.2) is 54.7 Å². The molecule has 0 aliphatic heterocycles. The number of nitriles is 1. The number of halogens is 1. The molecule has 0 aliphatic rings. The molecule has 1 N–H and O–H groups in total. The predicted octanol–water partition coefficient (Wildman–Crippen LogP) is 5.40. The minimum absolute atomic E-state index is 0. The number of pyridine rings is 1. The molecular formula is C19H18ClN3. The highest BCUT2D eigenvalue weighted by atomic mass is 35.5. The minimum atomic E-state index is 0. The van der Waals surface area contributed by atoms with Gasteiger partial charge in [0.15, 0.2) is 0 Å². The molecule has 0 fully saturated rings.